The Morgan fingerprint density at radius 2 is 1.97 bits per heavy atom. The summed E-state index contributed by atoms with van der Waals surface area (Å²) in [6, 6.07) is 7.83. The zero-order valence-electron chi connectivity index (χ0n) is 17.0. The molecule has 1 aliphatic heterocycles. The second kappa shape index (κ2) is 12.5. The van der Waals surface area contributed by atoms with Crippen LogP contribution in [0, 0.1) is 5.82 Å². The number of amides is 1. The fourth-order valence-electron chi connectivity index (χ4n) is 3.16. The summed E-state index contributed by atoms with van der Waals surface area (Å²) in [6.45, 7) is 7.84. The number of nitrogens with one attached hydrogen (secondary N) is 2. The van der Waals surface area contributed by atoms with Gasteiger partial charge >= 0.3 is 0 Å². The van der Waals surface area contributed by atoms with Crippen molar-refractivity contribution in [1.29, 1.82) is 0 Å². The molecule has 0 bridgehead atoms. The Morgan fingerprint density at radius 1 is 1.20 bits per heavy atom. The van der Waals surface area contributed by atoms with E-state index in [4.69, 9.17) is 4.52 Å². The van der Waals surface area contributed by atoms with Crippen LogP contribution in [0.4, 0.5) is 4.39 Å². The minimum atomic E-state index is -0.523. The molecule has 1 aromatic heterocycles. The molecular formula is C20H28FIN6O2. The van der Waals surface area contributed by atoms with E-state index in [-0.39, 0.29) is 29.5 Å². The first-order chi connectivity index (χ1) is 14.2. The maximum atomic E-state index is 13.7. The van der Waals surface area contributed by atoms with Crippen molar-refractivity contribution in [3.05, 3.63) is 53.7 Å². The number of aromatic nitrogens is 1. The highest BCUT2D eigenvalue weighted by atomic mass is 127. The summed E-state index contributed by atoms with van der Waals surface area (Å²) in [4.78, 5) is 21.2. The van der Waals surface area contributed by atoms with Crippen molar-refractivity contribution in [2.75, 3.05) is 45.8 Å². The number of piperazine rings is 1. The van der Waals surface area contributed by atoms with Crippen LogP contribution in [0.3, 0.4) is 0 Å². The van der Waals surface area contributed by atoms with Gasteiger partial charge in [0.05, 0.1) is 17.8 Å². The van der Waals surface area contributed by atoms with Crippen molar-refractivity contribution in [3.8, 4) is 0 Å². The van der Waals surface area contributed by atoms with E-state index in [0.29, 0.717) is 13.1 Å². The Balaban J connectivity index is 0.00000320. The molecule has 2 N–H and O–H groups in total. The molecule has 0 atom stereocenters. The number of rotatable bonds is 7. The van der Waals surface area contributed by atoms with Crippen molar-refractivity contribution in [2.24, 2.45) is 4.99 Å². The Bertz CT molecular complexity index is 809. The standard InChI is InChI=1S/C20H27FN6O2.HI/c1-2-22-20(24-9-8-23-19(28)17-5-3-4-6-18(17)21)27-12-10-26(11-13-27)15-16-7-14-29-25-16;/h3-7,14H,2,8-13,15H2,1H3,(H,22,24)(H,23,28);1H. The molecule has 3 rings (SSSR count). The maximum Gasteiger partial charge on any atom is 0.254 e. The van der Waals surface area contributed by atoms with Crippen molar-refractivity contribution >= 4 is 35.8 Å². The molecule has 2 aromatic rings. The van der Waals surface area contributed by atoms with Crippen LogP contribution in [0.25, 0.3) is 0 Å². The number of carbonyl (C=O) groups is 1. The van der Waals surface area contributed by atoms with Gasteiger partial charge in [-0.15, -0.1) is 24.0 Å². The number of nitrogens with zero attached hydrogens (tertiary/aromatic N) is 4. The lowest BCUT2D eigenvalue weighted by atomic mass is 10.2. The molecule has 8 nitrogen and oxygen atoms in total. The number of hydrogen-bond acceptors (Lipinski definition) is 5. The topological polar surface area (TPSA) is 86.0 Å². The molecule has 1 aliphatic rings. The second-order valence-corrected chi connectivity index (χ2v) is 6.73. The fraction of sp³-hybridized carbons (Fsp3) is 0.450. The molecule has 0 unspecified atom stereocenters. The number of carbonyl (C=O) groups excluding carboxylic acids is 1. The van der Waals surface area contributed by atoms with Gasteiger partial charge in [0.1, 0.15) is 12.1 Å². The molecule has 1 amide bonds. The summed E-state index contributed by atoms with van der Waals surface area (Å²) in [7, 11) is 0. The van der Waals surface area contributed by atoms with Gasteiger partial charge < -0.3 is 20.1 Å². The highest BCUT2D eigenvalue weighted by molar-refractivity contribution is 14.0. The van der Waals surface area contributed by atoms with Crippen LogP contribution in [0.5, 0.6) is 0 Å². The van der Waals surface area contributed by atoms with E-state index in [2.05, 4.69) is 30.6 Å². The maximum absolute atomic E-state index is 13.7. The highest BCUT2D eigenvalue weighted by Gasteiger charge is 2.20. The lowest BCUT2D eigenvalue weighted by Gasteiger charge is -2.36. The van der Waals surface area contributed by atoms with Crippen molar-refractivity contribution in [3.63, 3.8) is 0 Å². The Morgan fingerprint density at radius 3 is 2.63 bits per heavy atom. The van der Waals surface area contributed by atoms with Gasteiger partial charge in [0, 0.05) is 51.9 Å². The Kier molecular flexibility index (Phi) is 10.0. The number of aliphatic imine (C=N–C) groups is 1. The molecule has 0 radical (unpaired) electrons. The number of guanidine groups is 1. The Labute approximate surface area is 192 Å². The highest BCUT2D eigenvalue weighted by Crippen LogP contribution is 2.08. The smallest absolute Gasteiger partial charge is 0.254 e. The number of hydrogen-bond donors (Lipinski definition) is 2. The molecule has 30 heavy (non-hydrogen) atoms. The molecule has 10 heteroatoms. The van der Waals surface area contributed by atoms with Gasteiger partial charge in [-0.2, -0.15) is 0 Å². The van der Waals surface area contributed by atoms with E-state index in [0.717, 1.165) is 50.9 Å². The minimum absolute atomic E-state index is 0. The van der Waals surface area contributed by atoms with E-state index in [1.165, 1.54) is 12.1 Å². The third-order valence-electron chi connectivity index (χ3n) is 4.66. The van der Waals surface area contributed by atoms with E-state index in [1.54, 1.807) is 18.4 Å². The summed E-state index contributed by atoms with van der Waals surface area (Å²) in [5, 5.41) is 9.98. The van der Waals surface area contributed by atoms with E-state index in [1.807, 2.05) is 13.0 Å². The third kappa shape index (κ3) is 6.94. The largest absolute Gasteiger partial charge is 0.364 e. The predicted molar refractivity (Wildman–Crippen MR) is 123 cm³/mol. The average Bonchev–Trinajstić information content (AvgIpc) is 3.24. The van der Waals surface area contributed by atoms with Gasteiger partial charge in [0.25, 0.3) is 5.91 Å². The van der Waals surface area contributed by atoms with E-state index >= 15 is 0 Å². The summed E-state index contributed by atoms with van der Waals surface area (Å²) < 4.78 is 18.5. The lowest BCUT2D eigenvalue weighted by molar-refractivity contribution is 0.0950. The molecule has 0 saturated carbocycles. The zero-order valence-corrected chi connectivity index (χ0v) is 19.3. The summed E-state index contributed by atoms with van der Waals surface area (Å²) in [5.74, 6) is -0.121. The van der Waals surface area contributed by atoms with E-state index in [9.17, 15) is 9.18 Å². The molecule has 164 valence electrons. The predicted octanol–water partition coefficient (Wildman–Crippen LogP) is 1.94. The second-order valence-electron chi connectivity index (χ2n) is 6.73. The van der Waals surface area contributed by atoms with Crippen LogP contribution >= 0.6 is 24.0 Å². The zero-order chi connectivity index (χ0) is 20.5. The first-order valence-corrected chi connectivity index (χ1v) is 9.85. The SMILES string of the molecule is CCNC(=NCCNC(=O)c1ccccc1F)N1CCN(Cc2ccon2)CC1.I. The van der Waals surface area contributed by atoms with Crippen molar-refractivity contribution in [2.45, 2.75) is 13.5 Å². The van der Waals surface area contributed by atoms with Crippen LogP contribution in [-0.4, -0.2) is 72.6 Å². The molecule has 0 spiro atoms. The van der Waals surface area contributed by atoms with Crippen LogP contribution < -0.4 is 10.6 Å². The van der Waals surface area contributed by atoms with Crippen LogP contribution in [0.1, 0.15) is 23.0 Å². The third-order valence-corrected chi connectivity index (χ3v) is 4.66. The van der Waals surface area contributed by atoms with Gasteiger partial charge in [0.15, 0.2) is 5.96 Å². The Hall–Kier alpha value is -2.21. The quantitative estimate of drug-likeness (QED) is 0.247. The normalized spacial score (nSPS) is 14.9. The summed E-state index contributed by atoms with van der Waals surface area (Å²) >= 11 is 0. The molecule has 0 aliphatic carbocycles. The average molecular weight is 530 g/mol. The first-order valence-electron chi connectivity index (χ1n) is 9.85. The molecule has 2 heterocycles. The van der Waals surface area contributed by atoms with Gasteiger partial charge in [-0.1, -0.05) is 17.3 Å². The van der Waals surface area contributed by atoms with Gasteiger partial charge in [-0.25, -0.2) is 4.39 Å². The minimum Gasteiger partial charge on any atom is -0.364 e. The summed E-state index contributed by atoms with van der Waals surface area (Å²) in [6.07, 6.45) is 1.59. The van der Waals surface area contributed by atoms with E-state index < -0.39 is 11.7 Å². The number of halogens is 2. The summed E-state index contributed by atoms with van der Waals surface area (Å²) in [5.41, 5.74) is 0.983. The van der Waals surface area contributed by atoms with Gasteiger partial charge in [0.2, 0.25) is 0 Å². The van der Waals surface area contributed by atoms with Crippen molar-refractivity contribution < 1.29 is 13.7 Å². The molecule has 1 aromatic carbocycles. The first kappa shape index (κ1) is 24.1. The molecule has 1 fully saturated rings. The molecule has 1 saturated heterocycles. The van der Waals surface area contributed by atoms with Crippen LogP contribution in [0.15, 0.2) is 46.1 Å². The van der Waals surface area contributed by atoms with Crippen LogP contribution in [-0.2, 0) is 6.54 Å². The van der Waals surface area contributed by atoms with Gasteiger partial charge in [-0.05, 0) is 19.1 Å². The van der Waals surface area contributed by atoms with Gasteiger partial charge in [-0.3, -0.25) is 14.7 Å². The van der Waals surface area contributed by atoms with Crippen LogP contribution in [0.2, 0.25) is 0 Å². The van der Waals surface area contributed by atoms with Crippen molar-refractivity contribution in [1.82, 2.24) is 25.6 Å². The number of benzene rings is 1. The fourth-order valence-corrected chi connectivity index (χ4v) is 3.16. The molecular weight excluding hydrogens is 502 g/mol. The lowest BCUT2D eigenvalue weighted by Crippen LogP contribution is -2.52. The monoisotopic (exact) mass is 530 g/mol.